The molecule has 0 aliphatic carbocycles. The highest BCUT2D eigenvalue weighted by molar-refractivity contribution is 7.28. The minimum atomic E-state index is -0.0461. The van der Waals surface area contributed by atoms with Gasteiger partial charge < -0.3 is 23.0 Å². The Hall–Kier alpha value is -11.2. The number of rotatable bonds is 5. The van der Waals surface area contributed by atoms with Crippen molar-refractivity contribution in [3.8, 4) is 55.9 Å². The third kappa shape index (κ3) is 6.26. The summed E-state index contributed by atoms with van der Waals surface area (Å²) in [7, 11) is 0. The van der Waals surface area contributed by atoms with Crippen LogP contribution < -0.4 is 26.8 Å². The van der Waals surface area contributed by atoms with Gasteiger partial charge in [-0.2, -0.15) is 0 Å². The minimum Gasteiger partial charge on any atom is -0.374 e. The second kappa shape index (κ2) is 18.0. The van der Waals surface area contributed by atoms with Gasteiger partial charge in [0.15, 0.2) is 0 Å². The van der Waals surface area contributed by atoms with Gasteiger partial charge in [-0.25, -0.2) is 0 Å². The first-order chi connectivity index (χ1) is 48.1. The average Bonchev–Trinajstić information content (AvgIpc) is 1.55. The van der Waals surface area contributed by atoms with E-state index >= 15 is 0 Å². The van der Waals surface area contributed by atoms with E-state index in [1.165, 1.54) is 203 Å². The predicted molar refractivity (Wildman–Crippen MR) is 420 cm³/mol. The Balaban J connectivity index is 0.699. The van der Waals surface area contributed by atoms with Crippen molar-refractivity contribution in [2.45, 2.75) is 0 Å². The molecule has 12 heterocycles. The highest BCUT2D eigenvalue weighted by Crippen LogP contribution is 2.54. The number of nitrogens with zero attached hydrogens (tertiary/aromatic N) is 5. The van der Waals surface area contributed by atoms with Crippen LogP contribution in [0.1, 0.15) is 0 Å². The molecule has 0 atom stereocenters. The number of benzene rings is 13. The largest absolute Gasteiger partial charge is 0.374 e. The molecule has 11 heteroatoms. The molecule has 444 valence electrons. The van der Waals surface area contributed by atoms with E-state index in [1.54, 1.807) is 0 Å². The molecule has 97 heavy (non-hydrogen) atoms. The molecular formula is C86H45B2N5S4. The summed E-state index contributed by atoms with van der Waals surface area (Å²) in [6.45, 7) is -0.0850. The lowest BCUT2D eigenvalue weighted by Crippen LogP contribution is -2.55. The van der Waals surface area contributed by atoms with Crippen LogP contribution in [0.3, 0.4) is 0 Å². The molecule has 0 amide bonds. The average molecular weight is 1300 g/mol. The van der Waals surface area contributed by atoms with Gasteiger partial charge in [-0.1, -0.05) is 200 Å². The number of hydrogen-bond acceptors (Lipinski definition) is 5. The maximum absolute atomic E-state index is 2.77. The summed E-state index contributed by atoms with van der Waals surface area (Å²) in [4.78, 5) is 3.83. The van der Waals surface area contributed by atoms with Crippen LogP contribution in [0.4, 0.5) is 17.1 Å². The van der Waals surface area contributed by atoms with E-state index in [-0.39, 0.29) is 13.7 Å². The summed E-state index contributed by atoms with van der Waals surface area (Å²) in [6.07, 6.45) is 0. The molecule has 5 nitrogen and oxygen atoms in total. The van der Waals surface area contributed by atoms with E-state index in [4.69, 9.17) is 0 Å². The Morgan fingerprint density at radius 1 is 0.268 bits per heavy atom. The fourth-order valence-electron chi connectivity index (χ4n) is 18.6. The highest BCUT2D eigenvalue weighted by atomic mass is 32.1. The van der Waals surface area contributed by atoms with Gasteiger partial charge in [0.05, 0.1) is 41.7 Å². The molecule has 0 N–H and O–H groups in total. The summed E-state index contributed by atoms with van der Waals surface area (Å²) in [5, 5.41) is 11.9. The number of hydrogen-bond donors (Lipinski definition) is 0. The lowest BCUT2D eigenvalue weighted by molar-refractivity contribution is 1.17. The van der Waals surface area contributed by atoms with E-state index in [0.717, 1.165) is 17.1 Å². The van der Waals surface area contributed by atoms with Gasteiger partial charge in [0.2, 0.25) is 0 Å². The van der Waals surface area contributed by atoms with Gasteiger partial charge in [0.25, 0.3) is 0 Å². The number of anilines is 3. The molecule has 0 saturated carbocycles. The van der Waals surface area contributed by atoms with Crippen LogP contribution in [0.2, 0.25) is 0 Å². The van der Waals surface area contributed by atoms with Gasteiger partial charge in [-0.15, -0.1) is 45.3 Å². The molecule has 0 fully saturated rings. The molecule has 4 aliphatic heterocycles. The summed E-state index contributed by atoms with van der Waals surface area (Å²) < 4.78 is 20.1. The SMILES string of the molecule is c1ccc(-c2cc3c4c(c2)-n2c5sc6ccccc6c5c5cccc(c52)B4n2c4c-3cccc4c3sc4cc(-c5cccc(N(c6ccccc6)c6cc7c8c(c6)-n6c9c(cccc9c9sc%10ccccc%10c96)B8n6c8c-7cccc8c7sc8ccccc8c76)c5)ccc4c32)cc1. The van der Waals surface area contributed by atoms with Gasteiger partial charge >= 0.3 is 13.7 Å². The first kappa shape index (κ1) is 51.2. The van der Waals surface area contributed by atoms with E-state index < -0.39 is 0 Å². The third-order valence-electron chi connectivity index (χ3n) is 22.3. The van der Waals surface area contributed by atoms with Crippen molar-refractivity contribution >= 4 is 223 Å². The molecule has 13 aromatic carbocycles. The first-order valence-corrected chi connectivity index (χ1v) is 36.6. The van der Waals surface area contributed by atoms with E-state index in [9.17, 15) is 0 Å². The zero-order chi connectivity index (χ0) is 62.4. The maximum Gasteiger partial charge on any atom is 0.333 e. The monoisotopic (exact) mass is 1300 g/mol. The second-order valence-corrected chi connectivity index (χ2v) is 31.1. The quantitative estimate of drug-likeness (QED) is 0.158. The molecule has 0 radical (unpaired) electrons. The first-order valence-electron chi connectivity index (χ1n) is 33.4. The van der Waals surface area contributed by atoms with Crippen LogP contribution in [-0.2, 0) is 0 Å². The molecule has 0 saturated heterocycles. The van der Waals surface area contributed by atoms with Crippen molar-refractivity contribution in [3.63, 3.8) is 0 Å². The van der Waals surface area contributed by atoms with Gasteiger partial charge in [0.1, 0.15) is 4.83 Å². The summed E-state index contributed by atoms with van der Waals surface area (Å²) in [5.74, 6) is 0. The zero-order valence-electron chi connectivity index (χ0n) is 51.5. The van der Waals surface area contributed by atoms with Crippen molar-refractivity contribution in [1.29, 1.82) is 0 Å². The Morgan fingerprint density at radius 3 is 1.46 bits per heavy atom. The van der Waals surface area contributed by atoms with E-state index in [1.807, 2.05) is 45.3 Å². The molecule has 0 bridgehead atoms. The Bertz CT molecular complexity index is 7230. The maximum atomic E-state index is 2.77. The molecule has 21 aromatic rings. The molecule has 0 spiro atoms. The molecule has 0 unspecified atom stereocenters. The van der Waals surface area contributed by atoms with Crippen LogP contribution in [0, 0.1) is 0 Å². The Labute approximate surface area is 570 Å². The molecule has 25 rings (SSSR count). The van der Waals surface area contributed by atoms with Crippen LogP contribution in [-0.4, -0.2) is 31.8 Å². The summed E-state index contributed by atoms with van der Waals surface area (Å²) >= 11 is 7.74. The Morgan fingerprint density at radius 2 is 0.763 bits per heavy atom. The van der Waals surface area contributed by atoms with Crippen molar-refractivity contribution in [3.05, 3.63) is 273 Å². The number of fused-ring (bicyclic) bond motifs is 28. The number of aromatic nitrogens is 4. The zero-order valence-corrected chi connectivity index (χ0v) is 54.8. The fraction of sp³-hybridized carbons (Fsp3) is 0. The van der Waals surface area contributed by atoms with E-state index in [0.29, 0.717) is 0 Å². The molecule has 8 aromatic heterocycles. The lowest BCUT2D eigenvalue weighted by Gasteiger charge is -2.36. The van der Waals surface area contributed by atoms with Crippen LogP contribution >= 0.6 is 45.3 Å². The van der Waals surface area contributed by atoms with E-state index in [2.05, 4.69) is 296 Å². The summed E-state index contributed by atoms with van der Waals surface area (Å²) in [5.41, 5.74) is 30.6. The normalized spacial score (nSPS) is 13.3. The van der Waals surface area contributed by atoms with Crippen molar-refractivity contribution < 1.29 is 0 Å². The number of para-hydroxylation sites is 5. The van der Waals surface area contributed by atoms with Gasteiger partial charge in [0, 0.05) is 118 Å². The molecule has 4 aliphatic rings. The standard InChI is InChI=1S/C86H45B2N5S4/c1-3-18-46(19-4-1)49-41-63-53-27-14-31-61-76(53)93(87-65-33-16-29-59-73-55-24-7-10-35-69(55)97-86(73)91(78(59)65)67(42-49)74(63)87)82-58-39-38-48(43-72(58)96-85(61)82)47-20-13-23-51(40-47)89(50-21-5-2-6-22-50)52-44-64-54-28-15-30-60-77(54)92(81-57-26-9-12-37-71(57)95-84(60)81)88-66-34-17-32-62-79(66)90(68(45-52)75(64)88)80-56-25-8-11-36-70(56)94-83(62)80/h1-45H. The summed E-state index contributed by atoms with van der Waals surface area (Å²) in [6, 6.07) is 104. The van der Waals surface area contributed by atoms with Crippen molar-refractivity contribution in [2.24, 2.45) is 0 Å². The van der Waals surface area contributed by atoms with Crippen molar-refractivity contribution in [2.75, 3.05) is 4.90 Å². The van der Waals surface area contributed by atoms with Gasteiger partial charge in [-0.3, -0.25) is 0 Å². The number of thiophene rings is 4. The second-order valence-electron chi connectivity index (χ2n) is 26.9. The van der Waals surface area contributed by atoms with Gasteiger partial charge in [-0.05, 0) is 128 Å². The topological polar surface area (TPSA) is 23.0 Å². The Kier molecular flexibility index (Phi) is 9.52. The van der Waals surface area contributed by atoms with Crippen LogP contribution in [0.5, 0.6) is 0 Å². The molecular weight excluding hydrogens is 1250 g/mol. The highest BCUT2D eigenvalue weighted by Gasteiger charge is 2.45. The predicted octanol–water partition coefficient (Wildman–Crippen LogP) is 21.7. The minimum absolute atomic E-state index is 0.0390. The van der Waals surface area contributed by atoms with Crippen LogP contribution in [0.15, 0.2) is 273 Å². The lowest BCUT2D eigenvalue weighted by atomic mass is 9.45. The smallest absolute Gasteiger partial charge is 0.333 e. The fourth-order valence-corrected chi connectivity index (χ4v) is 23.5. The third-order valence-corrected chi connectivity index (χ3v) is 27.0. The van der Waals surface area contributed by atoms with Crippen molar-refractivity contribution in [1.82, 2.24) is 18.1 Å². The van der Waals surface area contributed by atoms with Crippen LogP contribution in [0.25, 0.3) is 181 Å².